The van der Waals surface area contributed by atoms with Crippen LogP contribution in [-0.2, 0) is 12.5 Å². The molecule has 19 heavy (non-hydrogen) atoms. The Morgan fingerprint density at radius 1 is 1.32 bits per heavy atom. The van der Waals surface area contributed by atoms with E-state index in [1.165, 1.54) is 17.9 Å². The van der Waals surface area contributed by atoms with Crippen molar-refractivity contribution in [3.05, 3.63) is 41.6 Å². The van der Waals surface area contributed by atoms with Crippen molar-refractivity contribution < 1.29 is 18.6 Å². The summed E-state index contributed by atoms with van der Waals surface area (Å²) in [5, 5.41) is 12.8. The zero-order chi connectivity index (χ0) is 14.0. The van der Waals surface area contributed by atoms with E-state index in [1.54, 1.807) is 24.3 Å². The lowest BCUT2D eigenvalue weighted by atomic mass is 10.2. The molecular formula is C13H14F2N2O2. The molecule has 2 aromatic rings. The Hall–Kier alpha value is -1.95. The molecule has 0 aliphatic rings. The predicted molar refractivity (Wildman–Crippen MR) is 65.6 cm³/mol. The third-order valence-electron chi connectivity index (χ3n) is 2.70. The van der Waals surface area contributed by atoms with Gasteiger partial charge in [-0.1, -0.05) is 12.1 Å². The zero-order valence-corrected chi connectivity index (χ0v) is 10.6. The van der Waals surface area contributed by atoms with Crippen LogP contribution in [0.3, 0.4) is 0 Å². The van der Waals surface area contributed by atoms with E-state index in [-0.39, 0.29) is 18.2 Å². The van der Waals surface area contributed by atoms with Crippen molar-refractivity contribution in [2.45, 2.75) is 19.5 Å². The fourth-order valence-corrected chi connectivity index (χ4v) is 1.65. The highest BCUT2D eigenvalue weighted by atomic mass is 19.3. The van der Waals surface area contributed by atoms with Gasteiger partial charge in [-0.2, -0.15) is 13.9 Å². The van der Waals surface area contributed by atoms with Gasteiger partial charge in [-0.3, -0.25) is 0 Å². The van der Waals surface area contributed by atoms with Gasteiger partial charge in [-0.25, -0.2) is 4.68 Å². The molecule has 102 valence electrons. The van der Waals surface area contributed by atoms with E-state index in [0.29, 0.717) is 5.69 Å². The van der Waals surface area contributed by atoms with Crippen LogP contribution in [0, 0.1) is 0 Å². The lowest BCUT2D eigenvalue weighted by Crippen LogP contribution is -2.09. The number of hydrogen-bond donors (Lipinski definition) is 1. The van der Waals surface area contributed by atoms with Gasteiger partial charge in [0.1, 0.15) is 5.69 Å². The molecule has 0 unspecified atom stereocenters. The first-order valence-electron chi connectivity index (χ1n) is 5.68. The molecule has 0 aliphatic heterocycles. The van der Waals surface area contributed by atoms with Crippen LogP contribution in [0.4, 0.5) is 8.78 Å². The molecule has 0 spiro atoms. The smallest absolute Gasteiger partial charge is 0.288 e. The largest absolute Gasteiger partial charge is 0.481 e. The molecule has 1 aromatic heterocycles. The van der Waals surface area contributed by atoms with Crippen molar-refractivity contribution in [3.8, 4) is 11.6 Å². The third kappa shape index (κ3) is 2.73. The summed E-state index contributed by atoms with van der Waals surface area (Å²) in [5.41, 5.74) is 0.969. The molecule has 1 N–H and O–H groups in total. The first-order valence-corrected chi connectivity index (χ1v) is 5.68. The number of aliphatic hydroxyl groups excluding tert-OH is 1. The van der Waals surface area contributed by atoms with Crippen molar-refractivity contribution in [1.82, 2.24) is 9.78 Å². The second-order valence-corrected chi connectivity index (χ2v) is 4.20. The van der Waals surface area contributed by atoms with Crippen LogP contribution >= 0.6 is 0 Å². The average molecular weight is 268 g/mol. The number of ether oxygens (including phenoxy) is 1. The molecule has 0 saturated heterocycles. The Morgan fingerprint density at radius 2 is 1.95 bits per heavy atom. The van der Waals surface area contributed by atoms with E-state index >= 15 is 0 Å². The summed E-state index contributed by atoms with van der Waals surface area (Å²) in [4.78, 5) is 0. The molecule has 2 rings (SSSR count). The maximum Gasteiger partial charge on any atom is 0.288 e. The van der Waals surface area contributed by atoms with Gasteiger partial charge >= 0.3 is 0 Å². The number of hydrogen-bond acceptors (Lipinski definition) is 3. The fourth-order valence-electron chi connectivity index (χ4n) is 1.65. The maximum absolute atomic E-state index is 13.3. The van der Waals surface area contributed by atoms with E-state index in [2.05, 4.69) is 5.10 Å². The van der Waals surface area contributed by atoms with Gasteiger partial charge < -0.3 is 9.84 Å². The third-order valence-corrected chi connectivity index (χ3v) is 2.70. The fraction of sp³-hybridized carbons (Fsp3) is 0.308. The molecule has 0 amide bonds. The number of aromatic nitrogens is 2. The van der Waals surface area contributed by atoms with E-state index in [0.717, 1.165) is 12.5 Å². The van der Waals surface area contributed by atoms with Gasteiger partial charge in [0.15, 0.2) is 0 Å². The van der Waals surface area contributed by atoms with Crippen molar-refractivity contribution in [3.63, 3.8) is 0 Å². The minimum absolute atomic E-state index is 0.0746. The van der Waals surface area contributed by atoms with Crippen molar-refractivity contribution >= 4 is 0 Å². The highest BCUT2D eigenvalue weighted by Crippen LogP contribution is 2.30. The number of halogens is 2. The highest BCUT2D eigenvalue weighted by Gasteiger charge is 2.29. The van der Waals surface area contributed by atoms with Crippen LogP contribution in [0.5, 0.6) is 5.88 Å². The normalized spacial score (nSPS) is 11.6. The van der Waals surface area contributed by atoms with Gasteiger partial charge in [0.25, 0.3) is 5.92 Å². The van der Waals surface area contributed by atoms with Crippen LogP contribution in [0.2, 0.25) is 0 Å². The standard InChI is InChI=1S/C13H14F2N2O2/c1-13(14,15)11-7-12(19-2)17(16-11)10-5-3-9(8-18)4-6-10/h3-7,18H,8H2,1-2H3. The van der Waals surface area contributed by atoms with Crippen LogP contribution in [-0.4, -0.2) is 22.0 Å². The lowest BCUT2D eigenvalue weighted by molar-refractivity contribution is 0.0124. The SMILES string of the molecule is COc1cc(C(C)(F)F)nn1-c1ccc(CO)cc1. The average Bonchev–Trinajstić information content (AvgIpc) is 2.83. The molecular weight excluding hydrogens is 254 g/mol. The predicted octanol–water partition coefficient (Wildman–Crippen LogP) is 2.48. The summed E-state index contributed by atoms with van der Waals surface area (Å²) in [6, 6.07) is 7.96. The van der Waals surface area contributed by atoms with E-state index in [1.807, 2.05) is 0 Å². The van der Waals surface area contributed by atoms with Crippen molar-refractivity contribution in [1.29, 1.82) is 0 Å². The Balaban J connectivity index is 2.45. The number of aliphatic hydroxyl groups is 1. The molecule has 0 aliphatic carbocycles. The Labute approximate surface area is 109 Å². The van der Waals surface area contributed by atoms with Crippen LogP contribution in [0.1, 0.15) is 18.2 Å². The zero-order valence-electron chi connectivity index (χ0n) is 10.6. The quantitative estimate of drug-likeness (QED) is 0.926. The minimum atomic E-state index is -3.02. The Kier molecular flexibility index (Phi) is 3.53. The van der Waals surface area contributed by atoms with Crippen LogP contribution in [0.15, 0.2) is 30.3 Å². The molecule has 1 heterocycles. The van der Waals surface area contributed by atoms with E-state index < -0.39 is 5.92 Å². The monoisotopic (exact) mass is 268 g/mol. The van der Waals surface area contributed by atoms with E-state index in [9.17, 15) is 8.78 Å². The summed E-state index contributed by atoms with van der Waals surface area (Å²) in [5.74, 6) is -2.79. The first kappa shape index (κ1) is 13.5. The van der Waals surface area contributed by atoms with Crippen LogP contribution < -0.4 is 4.74 Å². The molecule has 0 bridgehead atoms. The summed E-state index contributed by atoms with van der Waals surface area (Å²) in [7, 11) is 1.40. The number of benzene rings is 1. The molecule has 4 nitrogen and oxygen atoms in total. The Bertz CT molecular complexity index is 559. The number of rotatable bonds is 4. The highest BCUT2D eigenvalue weighted by molar-refractivity contribution is 5.38. The van der Waals surface area contributed by atoms with Crippen molar-refractivity contribution in [2.75, 3.05) is 7.11 Å². The van der Waals surface area contributed by atoms with Crippen LogP contribution in [0.25, 0.3) is 5.69 Å². The molecule has 1 aromatic carbocycles. The molecule has 0 saturated carbocycles. The summed E-state index contributed by atoms with van der Waals surface area (Å²) >= 11 is 0. The maximum atomic E-state index is 13.3. The summed E-state index contributed by atoms with van der Waals surface area (Å²) in [6.07, 6.45) is 0. The van der Waals surface area contributed by atoms with Gasteiger partial charge in [0.2, 0.25) is 5.88 Å². The summed E-state index contributed by atoms with van der Waals surface area (Å²) < 4.78 is 32.9. The van der Waals surface area contributed by atoms with Gasteiger partial charge in [-0.05, 0) is 17.7 Å². The lowest BCUT2D eigenvalue weighted by Gasteiger charge is -2.07. The van der Waals surface area contributed by atoms with Crippen molar-refractivity contribution in [2.24, 2.45) is 0 Å². The van der Waals surface area contributed by atoms with Gasteiger partial charge in [0, 0.05) is 13.0 Å². The molecule has 0 atom stereocenters. The second kappa shape index (κ2) is 4.97. The Morgan fingerprint density at radius 3 is 2.42 bits per heavy atom. The molecule has 0 radical (unpaired) electrons. The van der Waals surface area contributed by atoms with E-state index in [4.69, 9.17) is 9.84 Å². The minimum Gasteiger partial charge on any atom is -0.481 e. The second-order valence-electron chi connectivity index (χ2n) is 4.20. The number of methoxy groups -OCH3 is 1. The number of nitrogens with zero attached hydrogens (tertiary/aromatic N) is 2. The van der Waals surface area contributed by atoms with Gasteiger partial charge in [0.05, 0.1) is 19.4 Å². The first-order chi connectivity index (χ1) is 8.95. The van der Waals surface area contributed by atoms with Gasteiger partial charge in [-0.15, -0.1) is 0 Å². The summed E-state index contributed by atoms with van der Waals surface area (Å²) in [6.45, 7) is 0.711. The number of alkyl halides is 2. The topological polar surface area (TPSA) is 47.3 Å². The molecule has 0 fully saturated rings. The molecule has 6 heteroatoms.